The maximum atomic E-state index is 11.2. The van der Waals surface area contributed by atoms with E-state index < -0.39 is 0 Å². The Bertz CT molecular complexity index is 473. The van der Waals surface area contributed by atoms with Crippen LogP contribution in [0.4, 0.5) is 0 Å². The topological polar surface area (TPSA) is 26.3 Å². The number of ether oxygens (including phenoxy) is 1. The van der Waals surface area contributed by atoms with Crippen molar-refractivity contribution in [2.24, 2.45) is 5.41 Å². The smallest absolute Gasteiger partial charge is 0.303 e. The van der Waals surface area contributed by atoms with E-state index in [-0.39, 0.29) is 17.5 Å². The van der Waals surface area contributed by atoms with E-state index in [0.29, 0.717) is 0 Å². The maximum Gasteiger partial charge on any atom is 0.303 e. The highest BCUT2D eigenvalue weighted by Gasteiger charge is 2.33. The minimum absolute atomic E-state index is 0.000315. The first-order valence-corrected chi connectivity index (χ1v) is 5.88. The molecule has 0 spiro atoms. The van der Waals surface area contributed by atoms with Gasteiger partial charge in [-0.15, -0.1) is 0 Å². The first kappa shape index (κ1) is 11.9. The first-order chi connectivity index (χ1) is 7.92. The fraction of sp³-hybridized carbons (Fsp3) is 0.400. The summed E-state index contributed by atoms with van der Waals surface area (Å²) < 4.78 is 5.42. The molecular formula is C15H18O2. The Hall–Kier alpha value is -1.57. The highest BCUT2D eigenvalue weighted by atomic mass is 16.5. The van der Waals surface area contributed by atoms with Crippen molar-refractivity contribution >= 4 is 5.97 Å². The molecule has 0 aromatic carbocycles. The highest BCUT2D eigenvalue weighted by molar-refractivity contribution is 5.68. The van der Waals surface area contributed by atoms with E-state index in [2.05, 4.69) is 26.0 Å². The predicted molar refractivity (Wildman–Crippen MR) is 68.4 cm³/mol. The van der Waals surface area contributed by atoms with Crippen LogP contribution in [-0.4, -0.2) is 12.1 Å². The summed E-state index contributed by atoms with van der Waals surface area (Å²) in [6.07, 6.45) is 10.2. The second kappa shape index (κ2) is 4.02. The molecule has 2 rings (SSSR count). The lowest BCUT2D eigenvalue weighted by molar-refractivity contribution is -0.143. The number of carbonyl (C=O) groups is 1. The van der Waals surface area contributed by atoms with Gasteiger partial charge in [-0.1, -0.05) is 44.2 Å². The standard InChI is InChI=1S/C15H18O2/c1-10-7-8-13-12(14(10)17-11(2)16)6-5-9-15(13,3)4/h5-9,14H,1-4H3. The Kier molecular flexibility index (Phi) is 2.82. The van der Waals surface area contributed by atoms with Gasteiger partial charge in [0, 0.05) is 17.9 Å². The Balaban J connectivity index is 2.43. The molecule has 0 fully saturated rings. The van der Waals surface area contributed by atoms with Crippen LogP contribution in [0, 0.1) is 5.41 Å². The third-order valence-electron chi connectivity index (χ3n) is 3.29. The van der Waals surface area contributed by atoms with Crippen molar-refractivity contribution in [3.8, 4) is 0 Å². The first-order valence-electron chi connectivity index (χ1n) is 5.88. The van der Waals surface area contributed by atoms with Gasteiger partial charge in [0.25, 0.3) is 0 Å². The molecule has 0 heterocycles. The van der Waals surface area contributed by atoms with Gasteiger partial charge in [0.1, 0.15) is 6.10 Å². The summed E-state index contributed by atoms with van der Waals surface area (Å²) in [5.74, 6) is -0.239. The van der Waals surface area contributed by atoms with Crippen molar-refractivity contribution in [3.63, 3.8) is 0 Å². The van der Waals surface area contributed by atoms with Crippen molar-refractivity contribution in [2.75, 3.05) is 0 Å². The van der Waals surface area contributed by atoms with Gasteiger partial charge in [0.15, 0.2) is 0 Å². The van der Waals surface area contributed by atoms with E-state index in [1.54, 1.807) is 0 Å². The van der Waals surface area contributed by atoms with E-state index >= 15 is 0 Å². The predicted octanol–water partition coefficient (Wildman–Crippen LogP) is 3.33. The lowest BCUT2D eigenvalue weighted by Gasteiger charge is -2.35. The number of rotatable bonds is 1. The summed E-state index contributed by atoms with van der Waals surface area (Å²) in [5, 5.41) is 0. The zero-order valence-electron chi connectivity index (χ0n) is 10.8. The number of fused-ring (bicyclic) bond motifs is 1. The van der Waals surface area contributed by atoms with Crippen molar-refractivity contribution in [1.82, 2.24) is 0 Å². The third-order valence-corrected chi connectivity index (χ3v) is 3.29. The summed E-state index contributed by atoms with van der Waals surface area (Å²) in [6, 6.07) is 0. The van der Waals surface area contributed by atoms with E-state index in [4.69, 9.17) is 4.74 Å². The normalized spacial score (nSPS) is 25.4. The van der Waals surface area contributed by atoms with Crippen LogP contribution in [0.2, 0.25) is 0 Å². The Morgan fingerprint density at radius 1 is 1.29 bits per heavy atom. The summed E-state index contributed by atoms with van der Waals surface area (Å²) in [7, 11) is 0. The number of carbonyl (C=O) groups excluding carboxylic acids is 1. The van der Waals surface area contributed by atoms with Crippen LogP contribution in [0.5, 0.6) is 0 Å². The van der Waals surface area contributed by atoms with Crippen LogP contribution in [0.25, 0.3) is 0 Å². The fourth-order valence-corrected chi connectivity index (χ4v) is 2.35. The van der Waals surface area contributed by atoms with Gasteiger partial charge >= 0.3 is 5.97 Å². The Morgan fingerprint density at radius 3 is 2.65 bits per heavy atom. The lowest BCUT2D eigenvalue weighted by Crippen LogP contribution is -2.29. The molecule has 1 unspecified atom stereocenters. The monoisotopic (exact) mass is 230 g/mol. The minimum Gasteiger partial charge on any atom is -0.453 e. The molecule has 0 bridgehead atoms. The van der Waals surface area contributed by atoms with Crippen molar-refractivity contribution in [3.05, 3.63) is 47.1 Å². The van der Waals surface area contributed by atoms with Crippen LogP contribution >= 0.6 is 0 Å². The molecule has 0 aliphatic heterocycles. The van der Waals surface area contributed by atoms with E-state index in [0.717, 1.165) is 11.1 Å². The largest absolute Gasteiger partial charge is 0.453 e. The zero-order valence-corrected chi connectivity index (χ0v) is 10.8. The van der Waals surface area contributed by atoms with Gasteiger partial charge in [-0.2, -0.15) is 0 Å². The van der Waals surface area contributed by atoms with Crippen LogP contribution < -0.4 is 0 Å². The summed E-state index contributed by atoms with van der Waals surface area (Å²) >= 11 is 0. The van der Waals surface area contributed by atoms with Gasteiger partial charge in [0.2, 0.25) is 0 Å². The van der Waals surface area contributed by atoms with Crippen LogP contribution in [0.1, 0.15) is 27.7 Å². The highest BCUT2D eigenvalue weighted by Crippen LogP contribution is 2.42. The number of hydrogen-bond acceptors (Lipinski definition) is 2. The van der Waals surface area contributed by atoms with Crippen LogP contribution in [0.15, 0.2) is 47.1 Å². The molecule has 1 atom stereocenters. The van der Waals surface area contributed by atoms with Gasteiger partial charge in [-0.25, -0.2) is 0 Å². The quantitative estimate of drug-likeness (QED) is 0.646. The molecule has 2 heteroatoms. The molecule has 0 radical (unpaired) electrons. The van der Waals surface area contributed by atoms with Gasteiger partial charge in [-0.3, -0.25) is 4.79 Å². The molecule has 0 N–H and O–H groups in total. The molecule has 0 saturated heterocycles. The van der Waals surface area contributed by atoms with Crippen LogP contribution in [-0.2, 0) is 9.53 Å². The van der Waals surface area contributed by atoms with Crippen molar-refractivity contribution < 1.29 is 9.53 Å². The molecule has 2 nitrogen and oxygen atoms in total. The summed E-state index contributed by atoms with van der Waals surface area (Å²) in [4.78, 5) is 11.2. The molecule has 2 aliphatic carbocycles. The molecular weight excluding hydrogens is 212 g/mol. The summed E-state index contributed by atoms with van der Waals surface area (Å²) in [6.45, 7) is 7.78. The van der Waals surface area contributed by atoms with E-state index in [9.17, 15) is 4.79 Å². The zero-order chi connectivity index (χ0) is 12.6. The third kappa shape index (κ3) is 2.12. The molecule has 17 heavy (non-hydrogen) atoms. The van der Waals surface area contributed by atoms with Crippen LogP contribution in [0.3, 0.4) is 0 Å². The number of allylic oxidation sites excluding steroid dienone is 5. The van der Waals surface area contributed by atoms with Crippen molar-refractivity contribution in [2.45, 2.75) is 33.8 Å². The molecule has 90 valence electrons. The molecule has 0 aromatic heterocycles. The van der Waals surface area contributed by atoms with Gasteiger partial charge in [-0.05, 0) is 18.1 Å². The van der Waals surface area contributed by atoms with Gasteiger partial charge in [0.05, 0.1) is 0 Å². The average molecular weight is 230 g/mol. The molecule has 2 aliphatic rings. The lowest BCUT2D eigenvalue weighted by atomic mass is 9.72. The minimum atomic E-state index is -0.239. The second-order valence-electron chi connectivity index (χ2n) is 5.18. The SMILES string of the molecule is CC(=O)OC1C(C)=CC=C2C1=CC=CC2(C)C. The second-order valence-corrected chi connectivity index (χ2v) is 5.18. The maximum absolute atomic E-state index is 11.2. The Morgan fingerprint density at radius 2 is 2.00 bits per heavy atom. The van der Waals surface area contributed by atoms with Crippen molar-refractivity contribution in [1.29, 1.82) is 0 Å². The van der Waals surface area contributed by atoms with E-state index in [1.165, 1.54) is 12.5 Å². The molecule has 0 aromatic rings. The molecule has 0 amide bonds. The number of esters is 1. The number of hydrogen-bond donors (Lipinski definition) is 0. The average Bonchev–Trinajstić information content (AvgIpc) is 2.21. The molecule has 0 saturated carbocycles. The van der Waals surface area contributed by atoms with Gasteiger partial charge < -0.3 is 4.74 Å². The summed E-state index contributed by atoms with van der Waals surface area (Å²) in [5.41, 5.74) is 3.41. The van der Waals surface area contributed by atoms with E-state index in [1.807, 2.05) is 25.2 Å². The Labute approximate surface area is 102 Å². The fourth-order valence-electron chi connectivity index (χ4n) is 2.35.